The van der Waals surface area contributed by atoms with E-state index in [4.69, 9.17) is 15.6 Å². The third-order valence-corrected chi connectivity index (χ3v) is 8.61. The molecule has 0 aliphatic rings. The van der Waals surface area contributed by atoms with E-state index >= 15 is 0 Å². The van der Waals surface area contributed by atoms with Crippen LogP contribution in [0.5, 0.6) is 0 Å². The molecule has 0 spiro atoms. The van der Waals surface area contributed by atoms with E-state index in [2.05, 4.69) is 20.8 Å². The fraction of sp³-hybridized carbons (Fsp3) is 0.632. The largest absolute Gasteiger partial charge is 0.465 e. The lowest BCUT2D eigenvalue weighted by atomic mass is 10.1. The lowest BCUT2D eigenvalue weighted by molar-refractivity contribution is -0.293. The molecule has 0 aliphatic heterocycles. The molecule has 0 saturated heterocycles. The summed E-state index contributed by atoms with van der Waals surface area (Å²) in [6.07, 6.45) is -0.519. The highest BCUT2D eigenvalue weighted by Crippen LogP contribution is 2.26. The van der Waals surface area contributed by atoms with Crippen LogP contribution < -0.4 is 0 Å². The summed E-state index contributed by atoms with van der Waals surface area (Å²) in [7, 11) is -1.93. The molecule has 4 nitrogen and oxygen atoms in total. The zero-order chi connectivity index (χ0) is 18.9. The van der Waals surface area contributed by atoms with Gasteiger partial charge in [0.1, 0.15) is 5.60 Å². The molecule has 0 N–H and O–H groups in total. The van der Waals surface area contributed by atoms with Gasteiger partial charge >= 0.3 is 5.97 Å². The first-order chi connectivity index (χ1) is 11.8. The molecular weight excluding hydrogens is 320 g/mol. The number of carbonyl (C=O) groups excluding carboxylic acids is 1. The lowest BCUT2D eigenvalue weighted by Gasteiger charge is -2.31. The standard InChI is InChI=1S/C19H32O4Si/c1-6-24(7-2,8-3)23-22-19(4,5)16-18(20)21-15-14-17-12-10-9-11-13-17/h9-13H,6-8,14-16H2,1-5H3/i16D. The van der Waals surface area contributed by atoms with Crippen molar-refractivity contribution in [1.82, 2.24) is 0 Å². The van der Waals surface area contributed by atoms with Crippen LogP contribution in [0.1, 0.15) is 47.9 Å². The summed E-state index contributed by atoms with van der Waals surface area (Å²) in [5.41, 5.74) is 0.0435. The average molecular weight is 354 g/mol. The summed E-state index contributed by atoms with van der Waals surface area (Å²) in [4.78, 5) is 17.8. The van der Waals surface area contributed by atoms with Crippen molar-refractivity contribution in [2.75, 3.05) is 6.61 Å². The van der Waals surface area contributed by atoms with Gasteiger partial charge in [0.2, 0.25) is 8.32 Å². The zero-order valence-electron chi connectivity index (χ0n) is 16.6. The molecule has 0 saturated carbocycles. The summed E-state index contributed by atoms with van der Waals surface area (Å²) in [6, 6.07) is 12.6. The predicted molar refractivity (Wildman–Crippen MR) is 99.2 cm³/mol. The van der Waals surface area contributed by atoms with E-state index in [1.54, 1.807) is 13.8 Å². The molecule has 5 heteroatoms. The highest BCUT2D eigenvalue weighted by molar-refractivity contribution is 6.73. The monoisotopic (exact) mass is 353 g/mol. The molecular formula is C19H32O4Si. The lowest BCUT2D eigenvalue weighted by Crippen LogP contribution is -2.40. The molecule has 0 fully saturated rings. The first-order valence-electron chi connectivity index (χ1n) is 9.37. The van der Waals surface area contributed by atoms with Gasteiger partial charge in [0.25, 0.3) is 0 Å². The number of carbonyl (C=O) groups is 1. The van der Waals surface area contributed by atoms with Gasteiger partial charge in [0, 0.05) is 7.79 Å². The van der Waals surface area contributed by atoms with E-state index in [0.29, 0.717) is 6.42 Å². The molecule has 0 radical (unpaired) electrons. The first-order valence-corrected chi connectivity index (χ1v) is 11.3. The average Bonchev–Trinajstić information content (AvgIpc) is 2.63. The SMILES string of the molecule is [2H]C(C(=O)OCCc1ccccc1)C(C)(C)OO[Si](CC)(CC)CC. The minimum Gasteiger partial charge on any atom is -0.465 e. The Morgan fingerprint density at radius 3 is 2.25 bits per heavy atom. The van der Waals surface area contributed by atoms with E-state index in [1.807, 2.05) is 30.3 Å². The first kappa shape index (κ1) is 19.2. The van der Waals surface area contributed by atoms with Gasteiger partial charge in [-0.05, 0) is 37.5 Å². The van der Waals surface area contributed by atoms with Gasteiger partial charge in [0.05, 0.1) is 13.0 Å². The molecule has 24 heavy (non-hydrogen) atoms. The number of rotatable bonds is 11. The van der Waals surface area contributed by atoms with Crippen molar-refractivity contribution in [2.24, 2.45) is 0 Å². The van der Waals surface area contributed by atoms with E-state index < -0.39 is 26.3 Å². The maximum Gasteiger partial charge on any atom is 0.308 e. The minimum atomic E-state index is -1.93. The fourth-order valence-corrected chi connectivity index (χ4v) is 4.63. The van der Waals surface area contributed by atoms with Crippen LogP contribution in [0.25, 0.3) is 0 Å². The second-order valence-corrected chi connectivity index (χ2v) is 11.2. The van der Waals surface area contributed by atoms with Crippen LogP contribution in [0, 0.1) is 0 Å². The van der Waals surface area contributed by atoms with Crippen molar-refractivity contribution < 1.29 is 20.4 Å². The van der Waals surface area contributed by atoms with E-state index in [1.165, 1.54) is 0 Å². The summed E-state index contributed by atoms with van der Waals surface area (Å²) in [5, 5.41) is 0. The molecule has 1 aromatic rings. The molecule has 0 heterocycles. The maximum absolute atomic E-state index is 12.2. The Labute approximate surface area is 149 Å². The molecule has 136 valence electrons. The Morgan fingerprint density at radius 2 is 1.71 bits per heavy atom. The normalized spacial score (nSPS) is 14.1. The van der Waals surface area contributed by atoms with Gasteiger partial charge in [0.15, 0.2) is 0 Å². The van der Waals surface area contributed by atoms with Crippen LogP contribution in [0.15, 0.2) is 30.3 Å². The Balaban J connectivity index is 2.51. The minimum absolute atomic E-state index is 0.257. The number of ether oxygens (including phenoxy) is 1. The third-order valence-electron chi connectivity index (χ3n) is 4.31. The van der Waals surface area contributed by atoms with Crippen LogP contribution in [0.3, 0.4) is 0 Å². The van der Waals surface area contributed by atoms with Gasteiger partial charge in [-0.1, -0.05) is 51.1 Å². The smallest absolute Gasteiger partial charge is 0.308 e. The summed E-state index contributed by atoms with van der Waals surface area (Å²) >= 11 is 0. The molecule has 0 amide bonds. The highest BCUT2D eigenvalue weighted by Gasteiger charge is 2.34. The molecule has 1 aromatic carbocycles. The van der Waals surface area contributed by atoms with Crippen molar-refractivity contribution in [1.29, 1.82) is 0 Å². The number of hydrogen-bond donors (Lipinski definition) is 0. The second-order valence-electron chi connectivity index (χ2n) is 6.56. The van der Waals surface area contributed by atoms with Crippen LogP contribution in [0.2, 0.25) is 18.1 Å². The molecule has 1 atom stereocenters. The number of hydrogen-bond acceptors (Lipinski definition) is 4. The van der Waals surface area contributed by atoms with Gasteiger partial charge in [-0.25, -0.2) is 4.89 Å². The van der Waals surface area contributed by atoms with E-state index in [9.17, 15) is 4.79 Å². The van der Waals surface area contributed by atoms with Crippen LogP contribution >= 0.6 is 0 Å². The molecule has 1 rings (SSSR count). The van der Waals surface area contributed by atoms with Crippen molar-refractivity contribution in [3.8, 4) is 0 Å². The van der Waals surface area contributed by atoms with Crippen molar-refractivity contribution in [3.05, 3.63) is 35.9 Å². The van der Waals surface area contributed by atoms with Crippen molar-refractivity contribution in [3.63, 3.8) is 0 Å². The Bertz CT molecular complexity index is 509. The Kier molecular flexibility index (Phi) is 7.95. The highest BCUT2D eigenvalue weighted by atomic mass is 28.4. The van der Waals surface area contributed by atoms with Crippen LogP contribution in [-0.2, 0) is 25.4 Å². The molecule has 1 unspecified atom stereocenters. The van der Waals surface area contributed by atoms with Gasteiger partial charge in [-0.2, -0.15) is 0 Å². The summed E-state index contributed by atoms with van der Waals surface area (Å²) in [6.45, 7) is 9.96. The van der Waals surface area contributed by atoms with E-state index in [-0.39, 0.29) is 6.61 Å². The fourth-order valence-electron chi connectivity index (χ4n) is 2.39. The second kappa shape index (κ2) is 9.96. The van der Waals surface area contributed by atoms with Gasteiger partial charge < -0.3 is 4.74 Å². The Morgan fingerprint density at radius 1 is 1.12 bits per heavy atom. The van der Waals surface area contributed by atoms with Crippen LogP contribution in [-0.4, -0.2) is 26.5 Å². The number of esters is 1. The van der Waals surface area contributed by atoms with Crippen molar-refractivity contribution in [2.45, 2.75) is 71.2 Å². The number of benzene rings is 1. The quantitative estimate of drug-likeness (QED) is 0.246. The van der Waals surface area contributed by atoms with Gasteiger partial charge in [-0.15, -0.1) is 0 Å². The Hall–Kier alpha value is -1.17. The summed E-state index contributed by atoms with van der Waals surface area (Å²) < 4.78 is 19.2. The van der Waals surface area contributed by atoms with Crippen LogP contribution in [0.4, 0.5) is 0 Å². The topological polar surface area (TPSA) is 44.8 Å². The van der Waals surface area contributed by atoms with E-state index in [0.717, 1.165) is 23.7 Å². The van der Waals surface area contributed by atoms with Gasteiger partial charge in [-0.3, -0.25) is 9.37 Å². The third kappa shape index (κ3) is 7.15. The zero-order valence-corrected chi connectivity index (χ0v) is 16.6. The predicted octanol–water partition coefficient (Wildman–Crippen LogP) is 4.89. The summed E-state index contributed by atoms with van der Waals surface area (Å²) in [5.74, 6) is -0.582. The maximum atomic E-state index is 12.2. The molecule has 0 bridgehead atoms. The van der Waals surface area contributed by atoms with Crippen molar-refractivity contribution >= 4 is 14.3 Å². The molecule has 0 aromatic heterocycles. The molecule has 0 aliphatic carbocycles.